The van der Waals surface area contributed by atoms with Gasteiger partial charge in [0.2, 0.25) is 0 Å². The van der Waals surface area contributed by atoms with Crippen molar-refractivity contribution in [2.75, 3.05) is 0 Å². The SMILES string of the molecule is Cc1cnc2c(c1)CCCC2C(=O)O. The van der Waals surface area contributed by atoms with Gasteiger partial charge in [-0.2, -0.15) is 0 Å². The van der Waals surface area contributed by atoms with E-state index in [1.54, 1.807) is 6.20 Å². The minimum atomic E-state index is -0.748. The number of aryl methyl sites for hydroxylation is 2. The second-order valence-corrected chi connectivity index (χ2v) is 3.84. The molecule has 1 unspecified atom stereocenters. The Bertz CT molecular complexity index is 374. The van der Waals surface area contributed by atoms with Gasteiger partial charge >= 0.3 is 5.97 Å². The Morgan fingerprint density at radius 2 is 2.43 bits per heavy atom. The molecule has 2 rings (SSSR count). The minimum absolute atomic E-state index is 0.389. The highest BCUT2D eigenvalue weighted by molar-refractivity contribution is 5.76. The zero-order valence-electron chi connectivity index (χ0n) is 8.16. The third-order valence-electron chi connectivity index (χ3n) is 2.71. The van der Waals surface area contributed by atoms with Crippen LogP contribution in [-0.4, -0.2) is 16.1 Å². The van der Waals surface area contributed by atoms with Crippen LogP contribution >= 0.6 is 0 Å². The molecule has 0 fully saturated rings. The lowest BCUT2D eigenvalue weighted by molar-refractivity contribution is -0.139. The van der Waals surface area contributed by atoms with Crippen molar-refractivity contribution >= 4 is 5.97 Å². The van der Waals surface area contributed by atoms with Crippen molar-refractivity contribution in [2.45, 2.75) is 32.1 Å². The second kappa shape index (κ2) is 3.40. The lowest BCUT2D eigenvalue weighted by Gasteiger charge is -2.21. The van der Waals surface area contributed by atoms with Gasteiger partial charge in [0.25, 0.3) is 0 Å². The highest BCUT2D eigenvalue weighted by Gasteiger charge is 2.27. The molecule has 0 bridgehead atoms. The Morgan fingerprint density at radius 3 is 3.14 bits per heavy atom. The molecule has 1 atom stereocenters. The first kappa shape index (κ1) is 9.19. The molecule has 3 heteroatoms. The monoisotopic (exact) mass is 191 g/mol. The number of carbonyl (C=O) groups is 1. The molecule has 0 aliphatic heterocycles. The number of aromatic nitrogens is 1. The van der Waals surface area contributed by atoms with Crippen LogP contribution in [0.15, 0.2) is 12.3 Å². The Balaban J connectivity index is 2.44. The number of pyridine rings is 1. The summed E-state index contributed by atoms with van der Waals surface area (Å²) in [4.78, 5) is 15.2. The molecule has 0 saturated carbocycles. The van der Waals surface area contributed by atoms with Gasteiger partial charge in [0, 0.05) is 6.20 Å². The predicted octanol–water partition coefficient (Wildman–Crippen LogP) is 1.89. The average molecular weight is 191 g/mol. The molecular weight excluding hydrogens is 178 g/mol. The number of hydrogen-bond donors (Lipinski definition) is 1. The summed E-state index contributed by atoms with van der Waals surface area (Å²) in [5, 5.41) is 9.01. The first-order valence-electron chi connectivity index (χ1n) is 4.86. The number of nitrogens with zero attached hydrogens (tertiary/aromatic N) is 1. The summed E-state index contributed by atoms with van der Waals surface area (Å²) in [7, 11) is 0. The molecule has 0 saturated heterocycles. The van der Waals surface area contributed by atoms with Crippen LogP contribution in [0.25, 0.3) is 0 Å². The van der Waals surface area contributed by atoms with Crippen molar-refractivity contribution in [1.82, 2.24) is 4.98 Å². The van der Waals surface area contributed by atoms with E-state index in [4.69, 9.17) is 5.11 Å². The second-order valence-electron chi connectivity index (χ2n) is 3.84. The number of carboxylic acid groups (broad SMARTS) is 1. The maximum absolute atomic E-state index is 11.0. The Kier molecular flexibility index (Phi) is 2.23. The van der Waals surface area contributed by atoms with Gasteiger partial charge in [-0.1, -0.05) is 6.07 Å². The molecule has 0 radical (unpaired) electrons. The molecule has 1 aliphatic carbocycles. The van der Waals surface area contributed by atoms with Crippen molar-refractivity contribution in [3.05, 3.63) is 29.1 Å². The van der Waals surface area contributed by atoms with E-state index in [0.29, 0.717) is 0 Å². The Morgan fingerprint density at radius 1 is 1.64 bits per heavy atom. The van der Waals surface area contributed by atoms with E-state index >= 15 is 0 Å². The summed E-state index contributed by atoms with van der Waals surface area (Å²) in [6.07, 6.45) is 4.39. The fourth-order valence-corrected chi connectivity index (χ4v) is 2.03. The molecule has 1 heterocycles. The third-order valence-corrected chi connectivity index (χ3v) is 2.71. The van der Waals surface area contributed by atoms with Crippen molar-refractivity contribution in [3.8, 4) is 0 Å². The topological polar surface area (TPSA) is 50.2 Å². The Labute approximate surface area is 82.8 Å². The molecule has 0 spiro atoms. The van der Waals surface area contributed by atoms with E-state index in [9.17, 15) is 4.79 Å². The summed E-state index contributed by atoms with van der Waals surface area (Å²) >= 11 is 0. The first-order valence-corrected chi connectivity index (χ1v) is 4.86. The zero-order valence-corrected chi connectivity index (χ0v) is 8.16. The highest BCUT2D eigenvalue weighted by Crippen LogP contribution is 2.30. The number of fused-ring (bicyclic) bond motifs is 1. The van der Waals surface area contributed by atoms with E-state index in [2.05, 4.69) is 11.1 Å². The van der Waals surface area contributed by atoms with Crippen LogP contribution in [0.1, 0.15) is 35.6 Å². The lowest BCUT2D eigenvalue weighted by Crippen LogP contribution is -2.19. The standard InChI is InChI=1S/C11H13NO2/c1-7-5-8-3-2-4-9(11(13)14)10(8)12-6-7/h5-6,9H,2-4H2,1H3,(H,13,14). The smallest absolute Gasteiger partial charge is 0.312 e. The predicted molar refractivity (Wildman–Crippen MR) is 52.3 cm³/mol. The van der Waals surface area contributed by atoms with Crippen LogP contribution in [0, 0.1) is 6.92 Å². The van der Waals surface area contributed by atoms with Crippen LogP contribution in [0.3, 0.4) is 0 Å². The normalized spacial score (nSPS) is 20.2. The maximum Gasteiger partial charge on any atom is 0.312 e. The number of rotatable bonds is 1. The van der Waals surface area contributed by atoms with Crippen molar-refractivity contribution in [2.24, 2.45) is 0 Å². The van der Waals surface area contributed by atoms with Crippen LogP contribution in [-0.2, 0) is 11.2 Å². The minimum Gasteiger partial charge on any atom is -0.481 e. The van der Waals surface area contributed by atoms with Gasteiger partial charge in [-0.15, -0.1) is 0 Å². The fraction of sp³-hybridized carbons (Fsp3) is 0.455. The van der Waals surface area contributed by atoms with E-state index in [0.717, 1.165) is 36.1 Å². The number of hydrogen-bond acceptors (Lipinski definition) is 2. The van der Waals surface area contributed by atoms with Crippen molar-refractivity contribution in [3.63, 3.8) is 0 Å². The molecule has 14 heavy (non-hydrogen) atoms. The van der Waals surface area contributed by atoms with E-state index in [1.165, 1.54) is 0 Å². The van der Waals surface area contributed by atoms with Crippen LogP contribution in [0.2, 0.25) is 0 Å². The highest BCUT2D eigenvalue weighted by atomic mass is 16.4. The van der Waals surface area contributed by atoms with E-state index in [-0.39, 0.29) is 5.92 Å². The zero-order chi connectivity index (χ0) is 10.1. The molecule has 1 aromatic heterocycles. The number of aliphatic carboxylic acids is 1. The molecule has 1 N–H and O–H groups in total. The van der Waals surface area contributed by atoms with Crippen molar-refractivity contribution < 1.29 is 9.90 Å². The molecule has 0 aromatic carbocycles. The molecular formula is C11H13NO2. The van der Waals surface area contributed by atoms with E-state index in [1.807, 2.05) is 6.92 Å². The summed E-state index contributed by atoms with van der Waals surface area (Å²) in [6, 6.07) is 2.05. The fourth-order valence-electron chi connectivity index (χ4n) is 2.03. The molecule has 3 nitrogen and oxygen atoms in total. The van der Waals surface area contributed by atoms with Gasteiger partial charge in [0.05, 0.1) is 11.6 Å². The van der Waals surface area contributed by atoms with Crippen molar-refractivity contribution in [1.29, 1.82) is 0 Å². The lowest BCUT2D eigenvalue weighted by atomic mass is 9.86. The van der Waals surface area contributed by atoms with Gasteiger partial charge in [0.1, 0.15) is 0 Å². The molecule has 74 valence electrons. The molecule has 0 amide bonds. The van der Waals surface area contributed by atoms with Gasteiger partial charge < -0.3 is 5.11 Å². The summed E-state index contributed by atoms with van der Waals surface area (Å²) < 4.78 is 0. The van der Waals surface area contributed by atoms with Gasteiger partial charge in [0.15, 0.2) is 0 Å². The van der Waals surface area contributed by atoms with Crippen LogP contribution in [0.5, 0.6) is 0 Å². The largest absolute Gasteiger partial charge is 0.481 e. The summed E-state index contributed by atoms with van der Waals surface area (Å²) in [6.45, 7) is 1.98. The third kappa shape index (κ3) is 1.50. The summed E-state index contributed by atoms with van der Waals surface area (Å²) in [5.74, 6) is -1.14. The van der Waals surface area contributed by atoms with Crippen LogP contribution in [0.4, 0.5) is 0 Å². The Hall–Kier alpha value is -1.38. The quantitative estimate of drug-likeness (QED) is 0.737. The molecule has 1 aromatic rings. The summed E-state index contributed by atoms with van der Waals surface area (Å²) in [5.41, 5.74) is 2.99. The average Bonchev–Trinajstić information content (AvgIpc) is 2.16. The maximum atomic E-state index is 11.0. The number of carboxylic acids is 1. The van der Waals surface area contributed by atoms with Gasteiger partial charge in [-0.3, -0.25) is 9.78 Å². The molecule has 1 aliphatic rings. The first-order chi connectivity index (χ1) is 6.68. The van der Waals surface area contributed by atoms with E-state index < -0.39 is 5.97 Å². The van der Waals surface area contributed by atoms with Crippen LogP contribution < -0.4 is 0 Å². The van der Waals surface area contributed by atoms with Gasteiger partial charge in [-0.05, 0) is 37.3 Å². The van der Waals surface area contributed by atoms with Gasteiger partial charge in [-0.25, -0.2) is 0 Å².